The summed E-state index contributed by atoms with van der Waals surface area (Å²) in [6.07, 6.45) is 7.42. The van der Waals surface area contributed by atoms with Crippen molar-refractivity contribution in [2.45, 2.75) is 76.9 Å². The molecule has 0 amide bonds. The number of aryl methyl sites for hydroxylation is 1. The van der Waals surface area contributed by atoms with Crippen LogP contribution in [0.4, 0.5) is 14.6 Å². The van der Waals surface area contributed by atoms with Crippen LogP contribution in [0.5, 0.6) is 11.8 Å². The van der Waals surface area contributed by atoms with Crippen LogP contribution in [0.2, 0.25) is 0 Å². The SMILES string of the molecule is CCc1c(F)ccc2cc(O)cc(-c3ccc4c(N5CCCC(C)(O)C5)nc(OCC56CCCC5N(C)CCC6)nc4c3F)c12. The number of aliphatic hydroxyl groups is 1. The van der Waals surface area contributed by atoms with Crippen molar-refractivity contribution in [1.29, 1.82) is 0 Å². The maximum absolute atomic E-state index is 16.9. The van der Waals surface area contributed by atoms with Gasteiger partial charge < -0.3 is 24.7 Å². The van der Waals surface area contributed by atoms with Crippen molar-refractivity contribution in [2.24, 2.45) is 5.41 Å². The summed E-state index contributed by atoms with van der Waals surface area (Å²) in [5.74, 6) is -0.454. The quantitative estimate of drug-likeness (QED) is 0.242. The highest BCUT2D eigenvalue weighted by atomic mass is 19.1. The Balaban J connectivity index is 1.38. The fraction of sp³-hybridized carbons (Fsp3) is 0.500. The van der Waals surface area contributed by atoms with Gasteiger partial charge in [-0.05, 0) is 112 Å². The lowest BCUT2D eigenvalue weighted by Gasteiger charge is -2.44. The van der Waals surface area contributed by atoms with E-state index in [2.05, 4.69) is 16.9 Å². The highest BCUT2D eigenvalue weighted by molar-refractivity contribution is 6.03. The Morgan fingerprint density at radius 2 is 1.80 bits per heavy atom. The van der Waals surface area contributed by atoms with E-state index in [0.29, 0.717) is 71.7 Å². The molecule has 3 aromatic carbocycles. The average Bonchev–Trinajstić information content (AvgIpc) is 3.45. The first kappa shape index (κ1) is 30.1. The fourth-order valence-electron chi connectivity index (χ4n) is 8.48. The minimum Gasteiger partial charge on any atom is -0.508 e. The molecular formula is C36H42F2N4O3. The van der Waals surface area contributed by atoms with Crippen LogP contribution in [0, 0.1) is 17.0 Å². The molecular weight excluding hydrogens is 574 g/mol. The number of hydrogen-bond donors (Lipinski definition) is 2. The van der Waals surface area contributed by atoms with Crippen molar-refractivity contribution in [3.8, 4) is 22.9 Å². The molecule has 0 radical (unpaired) electrons. The third-order valence-electron chi connectivity index (χ3n) is 10.6. The number of phenols is 1. The van der Waals surface area contributed by atoms with E-state index < -0.39 is 11.4 Å². The van der Waals surface area contributed by atoms with Crippen molar-refractivity contribution in [3.05, 3.63) is 53.6 Å². The normalized spacial score (nSPS) is 25.6. The van der Waals surface area contributed by atoms with Gasteiger partial charge in [0.2, 0.25) is 0 Å². The first-order valence-corrected chi connectivity index (χ1v) is 16.3. The van der Waals surface area contributed by atoms with Crippen molar-refractivity contribution >= 4 is 27.5 Å². The Morgan fingerprint density at radius 1 is 1.00 bits per heavy atom. The molecule has 4 aromatic rings. The van der Waals surface area contributed by atoms with Gasteiger partial charge in [-0.1, -0.05) is 25.5 Å². The van der Waals surface area contributed by atoms with Gasteiger partial charge in [0.1, 0.15) is 22.9 Å². The Kier molecular flexibility index (Phi) is 7.60. The van der Waals surface area contributed by atoms with Gasteiger partial charge >= 0.3 is 6.01 Å². The molecule has 0 bridgehead atoms. The van der Waals surface area contributed by atoms with E-state index in [4.69, 9.17) is 9.72 Å². The molecule has 1 aromatic heterocycles. The molecule has 1 saturated carbocycles. The summed E-state index contributed by atoms with van der Waals surface area (Å²) in [4.78, 5) is 14.0. The lowest BCUT2D eigenvalue weighted by Crippen LogP contribution is -2.50. The summed E-state index contributed by atoms with van der Waals surface area (Å²) >= 11 is 0. The van der Waals surface area contributed by atoms with Crippen LogP contribution in [-0.2, 0) is 6.42 Å². The van der Waals surface area contributed by atoms with Gasteiger partial charge in [0, 0.05) is 35.5 Å². The van der Waals surface area contributed by atoms with E-state index in [0.717, 1.165) is 45.1 Å². The largest absolute Gasteiger partial charge is 0.508 e. The Bertz CT molecular complexity index is 1780. The Morgan fingerprint density at radius 3 is 2.60 bits per heavy atom. The van der Waals surface area contributed by atoms with Gasteiger partial charge in [-0.2, -0.15) is 9.97 Å². The van der Waals surface area contributed by atoms with E-state index in [1.54, 1.807) is 24.3 Å². The molecule has 2 N–H and O–H groups in total. The standard InChI is InChI=1S/C36H42F2N4O3/c1-4-24-28(37)12-9-22-18-23(43)19-27(30(22)24)25-10-11-26-32(31(25)38)39-34(40-33(26)42-17-6-13-35(2,44)20-42)45-21-36-14-5-8-29(36)41(3)16-7-15-36/h9-12,18-19,29,43-44H,4-8,13-17,20-21H2,1-3H3. The van der Waals surface area contributed by atoms with E-state index in [9.17, 15) is 14.6 Å². The van der Waals surface area contributed by atoms with Crippen LogP contribution in [-0.4, -0.2) is 70.0 Å². The van der Waals surface area contributed by atoms with Crippen LogP contribution in [0.25, 0.3) is 32.8 Å². The predicted molar refractivity (Wildman–Crippen MR) is 173 cm³/mol. The smallest absolute Gasteiger partial charge is 0.319 e. The lowest BCUT2D eigenvalue weighted by molar-refractivity contribution is 0.0132. The molecule has 1 aliphatic carbocycles. The molecule has 3 fully saturated rings. The Labute approximate surface area is 262 Å². The molecule has 0 spiro atoms. The number of fused-ring (bicyclic) bond motifs is 3. The van der Waals surface area contributed by atoms with Crippen LogP contribution < -0.4 is 9.64 Å². The van der Waals surface area contributed by atoms with Crippen LogP contribution in [0.3, 0.4) is 0 Å². The number of nitrogens with zero attached hydrogens (tertiary/aromatic N) is 4. The number of likely N-dealkylation sites (tertiary alicyclic amines) is 1. The van der Waals surface area contributed by atoms with Crippen molar-refractivity contribution in [3.63, 3.8) is 0 Å². The first-order valence-electron chi connectivity index (χ1n) is 16.3. The summed E-state index contributed by atoms with van der Waals surface area (Å²) in [7, 11) is 2.19. The highest BCUT2D eigenvalue weighted by Gasteiger charge is 2.47. The number of aromatic nitrogens is 2. The zero-order valence-electron chi connectivity index (χ0n) is 26.4. The number of aromatic hydroxyl groups is 1. The molecule has 7 nitrogen and oxygen atoms in total. The molecule has 2 saturated heterocycles. The average molecular weight is 617 g/mol. The van der Waals surface area contributed by atoms with Crippen LogP contribution >= 0.6 is 0 Å². The summed E-state index contributed by atoms with van der Waals surface area (Å²) in [6, 6.07) is 10.1. The number of rotatable bonds is 6. The van der Waals surface area contributed by atoms with E-state index in [1.165, 1.54) is 12.1 Å². The van der Waals surface area contributed by atoms with Gasteiger partial charge in [-0.15, -0.1) is 0 Å². The second kappa shape index (κ2) is 11.4. The number of phenolic OH excluding ortho intramolecular Hbond substituents is 1. The zero-order chi connectivity index (χ0) is 31.5. The predicted octanol–water partition coefficient (Wildman–Crippen LogP) is 6.99. The van der Waals surface area contributed by atoms with E-state index in [1.807, 2.05) is 18.7 Å². The van der Waals surface area contributed by atoms with E-state index in [-0.39, 0.29) is 34.1 Å². The zero-order valence-corrected chi connectivity index (χ0v) is 26.4. The Hall–Kier alpha value is -3.56. The van der Waals surface area contributed by atoms with E-state index >= 15 is 4.39 Å². The van der Waals surface area contributed by atoms with Gasteiger partial charge in [0.25, 0.3) is 0 Å². The fourth-order valence-corrected chi connectivity index (χ4v) is 8.48. The minimum absolute atomic E-state index is 0.0157. The first-order chi connectivity index (χ1) is 21.6. The number of piperidine rings is 2. The third kappa shape index (κ3) is 5.27. The minimum atomic E-state index is -0.904. The van der Waals surface area contributed by atoms with Gasteiger partial charge in [-0.3, -0.25) is 0 Å². The number of benzene rings is 3. The second-order valence-corrected chi connectivity index (χ2v) is 13.8. The van der Waals surface area contributed by atoms with Gasteiger partial charge in [0.05, 0.1) is 12.2 Å². The third-order valence-corrected chi connectivity index (χ3v) is 10.6. The molecule has 3 aliphatic rings. The number of halogens is 2. The molecule has 45 heavy (non-hydrogen) atoms. The van der Waals surface area contributed by atoms with Crippen molar-refractivity contribution < 1.29 is 23.7 Å². The summed E-state index contributed by atoms with van der Waals surface area (Å²) < 4.78 is 38.3. The second-order valence-electron chi connectivity index (χ2n) is 13.8. The number of ether oxygens (including phenoxy) is 1. The summed E-state index contributed by atoms with van der Waals surface area (Å²) in [5, 5.41) is 23.3. The van der Waals surface area contributed by atoms with Crippen molar-refractivity contribution in [1.82, 2.24) is 14.9 Å². The highest BCUT2D eigenvalue weighted by Crippen LogP contribution is 2.48. The topological polar surface area (TPSA) is 82.0 Å². The number of anilines is 1. The lowest BCUT2D eigenvalue weighted by atomic mass is 9.76. The molecule has 3 heterocycles. The molecule has 3 atom stereocenters. The summed E-state index contributed by atoms with van der Waals surface area (Å²) in [6.45, 7) is 6.24. The molecule has 238 valence electrons. The molecule has 3 unspecified atom stereocenters. The van der Waals surface area contributed by atoms with Gasteiger partial charge in [-0.25, -0.2) is 8.78 Å². The monoisotopic (exact) mass is 616 g/mol. The number of β-amino-alcohol motifs (C(OH)–C–C–N with tert-alkyl or cyclic N) is 1. The number of hydrogen-bond acceptors (Lipinski definition) is 7. The molecule has 2 aliphatic heterocycles. The molecule has 7 rings (SSSR count). The summed E-state index contributed by atoms with van der Waals surface area (Å²) in [5.41, 5.74) is 0.300. The van der Waals surface area contributed by atoms with Crippen LogP contribution in [0.1, 0.15) is 64.4 Å². The van der Waals surface area contributed by atoms with Gasteiger partial charge in [0.15, 0.2) is 5.82 Å². The maximum Gasteiger partial charge on any atom is 0.319 e. The molecule has 9 heteroatoms. The maximum atomic E-state index is 16.9. The van der Waals surface area contributed by atoms with Crippen molar-refractivity contribution in [2.75, 3.05) is 38.2 Å². The van der Waals surface area contributed by atoms with Crippen LogP contribution in [0.15, 0.2) is 36.4 Å².